The summed E-state index contributed by atoms with van der Waals surface area (Å²) in [4.78, 5) is 52.6. The Balaban J connectivity index is 0.000000393. The number of piperidine rings is 1. The fourth-order valence-electron chi connectivity index (χ4n) is 4.30. The zero-order chi connectivity index (χ0) is 40.9. The zero-order valence-electron chi connectivity index (χ0n) is 27.2. The van der Waals surface area contributed by atoms with Crippen molar-refractivity contribution in [3.8, 4) is 0 Å². The van der Waals surface area contributed by atoms with Crippen molar-refractivity contribution in [2.24, 2.45) is 5.92 Å². The van der Waals surface area contributed by atoms with Crippen LogP contribution in [0.2, 0.25) is 5.02 Å². The first-order valence-electron chi connectivity index (χ1n) is 15.0. The average Bonchev–Trinajstić information content (AvgIpc) is 3.06. The number of nitrogens with one attached hydrogen (secondary N) is 4. The number of alkyl halides is 9. The average molecular weight is 806 g/mol. The van der Waals surface area contributed by atoms with Crippen molar-refractivity contribution in [3.63, 3.8) is 0 Å². The first-order valence-corrected chi connectivity index (χ1v) is 15.4. The van der Waals surface area contributed by atoms with Crippen molar-refractivity contribution in [3.05, 3.63) is 59.0 Å². The van der Waals surface area contributed by atoms with Crippen LogP contribution >= 0.6 is 11.6 Å². The minimum absolute atomic E-state index is 0.0677. The molecule has 1 aromatic carbocycles. The lowest BCUT2D eigenvalue weighted by Gasteiger charge is -2.22. The quantitative estimate of drug-likeness (QED) is 0.144. The lowest BCUT2D eigenvalue weighted by molar-refractivity contribution is -0.193. The number of aromatic nitrogens is 3. The van der Waals surface area contributed by atoms with Gasteiger partial charge in [0.2, 0.25) is 11.9 Å². The summed E-state index contributed by atoms with van der Waals surface area (Å²) in [5.74, 6) is -6.83. The molecule has 0 unspecified atom stereocenters. The number of halogens is 10. The fourth-order valence-corrected chi connectivity index (χ4v) is 4.44. The first-order chi connectivity index (χ1) is 24.9. The molecule has 6 bridgehead atoms. The van der Waals surface area contributed by atoms with Gasteiger partial charge in [0.15, 0.2) is 5.82 Å². The summed E-state index contributed by atoms with van der Waals surface area (Å²) in [5.41, 5.74) is 4.62. The second-order valence-corrected chi connectivity index (χ2v) is 11.4. The minimum atomic E-state index is -5.08. The molecule has 24 heteroatoms. The summed E-state index contributed by atoms with van der Waals surface area (Å²) in [5, 5.41) is 34.8. The second-order valence-electron chi connectivity index (χ2n) is 10.9. The van der Waals surface area contributed by atoms with Gasteiger partial charge in [0, 0.05) is 24.0 Å². The number of nitrogens with zero attached hydrogens (tertiary/aromatic N) is 3. The maximum atomic E-state index is 12.8. The number of amides is 1. The molecule has 7 N–H and O–H groups in total. The maximum absolute atomic E-state index is 12.8. The van der Waals surface area contributed by atoms with E-state index in [1.54, 1.807) is 12.4 Å². The number of carboxylic acid groups (broad SMARTS) is 3. The Labute approximate surface area is 303 Å². The Morgan fingerprint density at radius 3 is 1.87 bits per heavy atom. The number of rotatable bonds is 3. The molecule has 0 radical (unpaired) electrons. The Hall–Kier alpha value is -5.45. The van der Waals surface area contributed by atoms with Gasteiger partial charge in [-0.1, -0.05) is 11.6 Å². The predicted molar refractivity (Wildman–Crippen MR) is 172 cm³/mol. The van der Waals surface area contributed by atoms with Crippen LogP contribution in [0.15, 0.2) is 42.9 Å². The number of hydrogen-bond acceptors (Lipinski definition) is 10. The molecular weight excluding hydrogens is 777 g/mol. The van der Waals surface area contributed by atoms with E-state index in [0.717, 1.165) is 67.0 Å². The van der Waals surface area contributed by atoms with E-state index in [9.17, 15) is 44.3 Å². The van der Waals surface area contributed by atoms with E-state index >= 15 is 0 Å². The van der Waals surface area contributed by atoms with Crippen LogP contribution < -0.4 is 21.3 Å². The van der Waals surface area contributed by atoms with Gasteiger partial charge in [-0.05, 0) is 80.1 Å². The maximum Gasteiger partial charge on any atom is 0.490 e. The standard InChI is InChI=1S/C24H26ClN7O.3C2HF3O2/c25-20-14-28-24-30-19-9-16(12-27-13-19)1-2-17-11-18(29-23(20)32-24)3-4-21(17)31-22(33)10-15-5-7-26-8-6-15;3*3-2(4,5)1(6)7/h3-4,9,11-15,26H,1-2,5-8,10H2,(H,31,33)(H2,28,29,30,32);3*(H,6,7). The number of carbonyl (C=O) groups is 4. The van der Waals surface area contributed by atoms with Crippen LogP contribution in [0.25, 0.3) is 0 Å². The van der Waals surface area contributed by atoms with E-state index in [1.165, 1.54) is 0 Å². The molecule has 296 valence electrons. The van der Waals surface area contributed by atoms with E-state index in [0.29, 0.717) is 29.1 Å². The number of pyridine rings is 1. The van der Waals surface area contributed by atoms with Crippen LogP contribution in [-0.4, -0.2) is 85.7 Å². The van der Waals surface area contributed by atoms with E-state index in [4.69, 9.17) is 41.3 Å². The third-order valence-electron chi connectivity index (χ3n) is 6.78. The van der Waals surface area contributed by atoms with Gasteiger partial charge in [0.25, 0.3) is 0 Å². The number of carbonyl (C=O) groups excluding carboxylic acids is 1. The van der Waals surface area contributed by atoms with Gasteiger partial charge < -0.3 is 36.6 Å². The van der Waals surface area contributed by atoms with E-state index in [-0.39, 0.29) is 5.91 Å². The van der Waals surface area contributed by atoms with Crippen molar-refractivity contribution in [2.45, 2.75) is 50.6 Å². The molecule has 5 rings (SSSR count). The van der Waals surface area contributed by atoms with Crippen LogP contribution in [0, 0.1) is 5.92 Å². The molecule has 14 nitrogen and oxygen atoms in total. The predicted octanol–water partition coefficient (Wildman–Crippen LogP) is 6.34. The molecule has 1 saturated heterocycles. The lowest BCUT2D eigenvalue weighted by atomic mass is 9.94. The summed E-state index contributed by atoms with van der Waals surface area (Å²) in [6.45, 7) is 1.97. The Bertz CT molecular complexity index is 1720. The van der Waals surface area contributed by atoms with Gasteiger partial charge in [-0.3, -0.25) is 9.78 Å². The number of carboxylic acids is 3. The molecule has 0 aliphatic carbocycles. The monoisotopic (exact) mass is 805 g/mol. The molecule has 2 aromatic heterocycles. The number of aryl methyl sites for hydroxylation is 2. The minimum Gasteiger partial charge on any atom is -0.475 e. The highest BCUT2D eigenvalue weighted by Crippen LogP contribution is 2.30. The molecule has 0 saturated carbocycles. The summed E-state index contributed by atoms with van der Waals surface area (Å²) in [6, 6.07) is 7.95. The second kappa shape index (κ2) is 19.6. The van der Waals surface area contributed by atoms with Gasteiger partial charge in [0.1, 0.15) is 5.02 Å². The zero-order valence-corrected chi connectivity index (χ0v) is 27.9. The first kappa shape index (κ1) is 44.7. The Kier molecular flexibility index (Phi) is 16.2. The fraction of sp³-hybridized carbons (Fsp3) is 0.367. The molecule has 2 aliphatic heterocycles. The van der Waals surface area contributed by atoms with Crippen LogP contribution in [-0.2, 0) is 32.0 Å². The largest absolute Gasteiger partial charge is 0.490 e. The third-order valence-corrected chi connectivity index (χ3v) is 7.06. The van der Waals surface area contributed by atoms with Crippen LogP contribution in [0.5, 0.6) is 0 Å². The van der Waals surface area contributed by atoms with Crippen molar-refractivity contribution in [2.75, 3.05) is 29.0 Å². The molecule has 0 spiro atoms. The highest BCUT2D eigenvalue weighted by molar-refractivity contribution is 6.32. The topological polar surface area (TPSA) is 216 Å². The van der Waals surface area contributed by atoms with Crippen molar-refractivity contribution < 1.29 is 74.0 Å². The van der Waals surface area contributed by atoms with Crippen LogP contribution in [0.4, 0.5) is 68.3 Å². The highest BCUT2D eigenvalue weighted by atomic mass is 35.5. The molecular formula is C30H29ClF9N7O7. The van der Waals surface area contributed by atoms with Crippen LogP contribution in [0.1, 0.15) is 30.4 Å². The third kappa shape index (κ3) is 16.1. The van der Waals surface area contributed by atoms with Gasteiger partial charge in [-0.25, -0.2) is 19.4 Å². The number of anilines is 5. The van der Waals surface area contributed by atoms with Gasteiger partial charge in [0.05, 0.1) is 18.1 Å². The number of benzene rings is 1. The normalized spacial score (nSPS) is 14.0. The van der Waals surface area contributed by atoms with Crippen molar-refractivity contribution in [1.29, 1.82) is 0 Å². The molecule has 2 aliphatic rings. The van der Waals surface area contributed by atoms with Gasteiger partial charge in [-0.15, -0.1) is 0 Å². The number of aliphatic carboxylic acids is 3. The number of hydrogen-bond donors (Lipinski definition) is 7. The molecule has 1 fully saturated rings. The Morgan fingerprint density at radius 1 is 0.778 bits per heavy atom. The SMILES string of the molecule is O=C(CC1CCNCC1)Nc1ccc2cc1CCc1cncc(c1)Nc1ncc(Cl)c(n1)N2.O=C(O)C(F)(F)F.O=C(O)C(F)(F)F.O=C(O)C(F)(F)F. The highest BCUT2D eigenvalue weighted by Gasteiger charge is 2.39. The van der Waals surface area contributed by atoms with E-state index < -0.39 is 36.4 Å². The van der Waals surface area contributed by atoms with Gasteiger partial charge >= 0.3 is 36.4 Å². The lowest BCUT2D eigenvalue weighted by Crippen LogP contribution is -2.30. The molecule has 0 atom stereocenters. The summed E-state index contributed by atoms with van der Waals surface area (Å²) in [6.07, 6.45) is -5.92. The number of fused-ring (bicyclic) bond motifs is 6. The van der Waals surface area contributed by atoms with E-state index in [2.05, 4.69) is 36.2 Å². The van der Waals surface area contributed by atoms with E-state index in [1.807, 2.05) is 30.5 Å². The van der Waals surface area contributed by atoms with Crippen molar-refractivity contribution >= 4 is 64.2 Å². The van der Waals surface area contributed by atoms with Crippen LogP contribution in [0.3, 0.4) is 0 Å². The summed E-state index contributed by atoms with van der Waals surface area (Å²) < 4.78 is 95.2. The summed E-state index contributed by atoms with van der Waals surface area (Å²) >= 11 is 6.34. The smallest absolute Gasteiger partial charge is 0.475 e. The van der Waals surface area contributed by atoms with Crippen molar-refractivity contribution in [1.82, 2.24) is 20.3 Å². The molecule has 4 heterocycles. The molecule has 54 heavy (non-hydrogen) atoms. The molecule has 3 aromatic rings. The van der Waals surface area contributed by atoms with Gasteiger partial charge in [-0.2, -0.15) is 44.5 Å². The molecule has 1 amide bonds. The Morgan fingerprint density at radius 2 is 1.33 bits per heavy atom. The summed E-state index contributed by atoms with van der Waals surface area (Å²) in [7, 11) is 0.